The SMILES string of the molecule is [O-][S+]1CCc2nc(N3CCN(C4(I)C=CN=C(O)C4)CC3)nc(Nc3cccc(F)c3)c21. The molecule has 0 bridgehead atoms. The molecule has 168 valence electrons. The minimum atomic E-state index is -1.17. The van der Waals surface area contributed by atoms with Gasteiger partial charge in [0, 0.05) is 44.5 Å². The summed E-state index contributed by atoms with van der Waals surface area (Å²) in [5, 5.41) is 13.0. The van der Waals surface area contributed by atoms with E-state index in [1.54, 1.807) is 18.3 Å². The number of anilines is 3. The topological polar surface area (TPSA) is 99.9 Å². The lowest BCUT2D eigenvalue weighted by Gasteiger charge is -2.43. The molecule has 32 heavy (non-hydrogen) atoms. The number of alkyl halides is 1. The van der Waals surface area contributed by atoms with Crippen LogP contribution in [0.15, 0.2) is 46.4 Å². The van der Waals surface area contributed by atoms with Crippen LogP contribution in [0.1, 0.15) is 12.1 Å². The van der Waals surface area contributed by atoms with Gasteiger partial charge in [-0.25, -0.2) is 14.4 Å². The Balaban J connectivity index is 1.37. The zero-order valence-electron chi connectivity index (χ0n) is 17.2. The van der Waals surface area contributed by atoms with E-state index in [0.29, 0.717) is 40.9 Å². The Morgan fingerprint density at radius 2 is 2.03 bits per heavy atom. The standard InChI is InChI=1S/C21H22FIN6O2S/c22-14-2-1-3-15(12-14)25-19-18-16(4-11-32(18)31)26-20(27-19)28-7-9-29(10-8-28)21(23)5-6-24-17(30)13-21/h1-3,5-6,12H,4,7-11,13H2,(H,24,30)(H,25,26,27). The molecule has 0 saturated carbocycles. The largest absolute Gasteiger partial charge is 0.611 e. The highest BCUT2D eigenvalue weighted by atomic mass is 127. The molecule has 2 N–H and O–H groups in total. The third-order valence-electron chi connectivity index (χ3n) is 5.81. The monoisotopic (exact) mass is 568 g/mol. The number of aliphatic imine (C=N–C) groups is 1. The van der Waals surface area contributed by atoms with Gasteiger partial charge in [-0.1, -0.05) is 28.7 Å². The van der Waals surface area contributed by atoms with Crippen LogP contribution in [0, 0.1) is 5.82 Å². The molecule has 4 heterocycles. The van der Waals surface area contributed by atoms with Gasteiger partial charge in [-0.3, -0.25) is 4.90 Å². The molecule has 1 aromatic carbocycles. The van der Waals surface area contributed by atoms with Crippen LogP contribution in [0.5, 0.6) is 0 Å². The van der Waals surface area contributed by atoms with E-state index >= 15 is 0 Å². The third kappa shape index (κ3) is 4.30. The van der Waals surface area contributed by atoms with E-state index in [0.717, 1.165) is 31.9 Å². The van der Waals surface area contributed by atoms with E-state index in [1.165, 1.54) is 12.1 Å². The van der Waals surface area contributed by atoms with Crippen LogP contribution >= 0.6 is 22.6 Å². The number of fused-ring (bicyclic) bond motifs is 1. The molecule has 2 unspecified atom stereocenters. The Hall–Kier alpha value is -1.96. The highest BCUT2D eigenvalue weighted by Gasteiger charge is 2.38. The molecular formula is C21H22FIN6O2S. The summed E-state index contributed by atoms with van der Waals surface area (Å²) in [5.41, 5.74) is 1.35. The van der Waals surface area contributed by atoms with Gasteiger partial charge in [0.25, 0.3) is 0 Å². The molecule has 0 radical (unpaired) electrons. The van der Waals surface area contributed by atoms with Crippen LogP contribution in [0.3, 0.4) is 0 Å². The molecule has 1 saturated heterocycles. The van der Waals surface area contributed by atoms with Crippen molar-refractivity contribution in [1.29, 1.82) is 0 Å². The number of aromatic nitrogens is 2. The van der Waals surface area contributed by atoms with Crippen molar-refractivity contribution in [2.24, 2.45) is 4.99 Å². The van der Waals surface area contributed by atoms with Crippen molar-refractivity contribution in [2.45, 2.75) is 21.3 Å². The number of aliphatic hydroxyl groups excluding tert-OH is 1. The average Bonchev–Trinajstić information content (AvgIpc) is 3.15. The minimum absolute atomic E-state index is 0.146. The summed E-state index contributed by atoms with van der Waals surface area (Å²) in [6.45, 7) is 2.99. The fourth-order valence-electron chi connectivity index (χ4n) is 4.17. The molecule has 5 rings (SSSR count). The van der Waals surface area contributed by atoms with E-state index in [2.05, 4.69) is 42.7 Å². The first-order chi connectivity index (χ1) is 15.4. The van der Waals surface area contributed by atoms with E-state index in [4.69, 9.17) is 9.97 Å². The summed E-state index contributed by atoms with van der Waals surface area (Å²) in [6, 6.07) is 6.15. The predicted molar refractivity (Wildman–Crippen MR) is 131 cm³/mol. The number of halogens is 2. The number of rotatable bonds is 4. The number of hydrogen-bond acceptors (Lipinski definition) is 7. The quantitative estimate of drug-likeness (QED) is 0.253. The zero-order chi connectivity index (χ0) is 22.3. The molecule has 11 heteroatoms. The van der Waals surface area contributed by atoms with Crippen molar-refractivity contribution < 1.29 is 14.0 Å². The van der Waals surface area contributed by atoms with Crippen LogP contribution in [0.4, 0.5) is 21.8 Å². The van der Waals surface area contributed by atoms with Gasteiger partial charge >= 0.3 is 0 Å². The number of piperazine rings is 1. The molecule has 1 aromatic heterocycles. The van der Waals surface area contributed by atoms with E-state index < -0.39 is 11.2 Å². The zero-order valence-corrected chi connectivity index (χ0v) is 20.1. The van der Waals surface area contributed by atoms with Gasteiger partial charge in [0.2, 0.25) is 10.8 Å². The van der Waals surface area contributed by atoms with Gasteiger partial charge in [0.15, 0.2) is 11.7 Å². The molecule has 0 amide bonds. The van der Waals surface area contributed by atoms with Crippen LogP contribution in [0.25, 0.3) is 0 Å². The van der Waals surface area contributed by atoms with Gasteiger partial charge < -0.3 is 19.9 Å². The molecule has 8 nitrogen and oxygen atoms in total. The summed E-state index contributed by atoms with van der Waals surface area (Å²) in [6.07, 6.45) is 4.79. The molecular weight excluding hydrogens is 546 g/mol. The van der Waals surface area contributed by atoms with Gasteiger partial charge in [-0.05, 0) is 35.5 Å². The van der Waals surface area contributed by atoms with Crippen molar-refractivity contribution in [3.05, 3.63) is 48.1 Å². The number of hydrogen-bond donors (Lipinski definition) is 2. The Bertz CT molecular complexity index is 1090. The average molecular weight is 568 g/mol. The molecule has 2 aromatic rings. The van der Waals surface area contributed by atoms with E-state index in [9.17, 15) is 14.0 Å². The predicted octanol–water partition coefficient (Wildman–Crippen LogP) is 3.15. The Morgan fingerprint density at radius 1 is 1.22 bits per heavy atom. The summed E-state index contributed by atoms with van der Waals surface area (Å²) < 4.78 is 25.9. The summed E-state index contributed by atoms with van der Waals surface area (Å²) in [7, 11) is 0. The Kier molecular flexibility index (Phi) is 5.99. The van der Waals surface area contributed by atoms with E-state index in [-0.39, 0.29) is 15.3 Å². The van der Waals surface area contributed by atoms with E-state index in [1.807, 2.05) is 6.08 Å². The third-order valence-corrected chi connectivity index (χ3v) is 8.69. The lowest BCUT2D eigenvalue weighted by Crippen LogP contribution is -2.55. The van der Waals surface area contributed by atoms with Gasteiger partial charge in [0.05, 0.1) is 6.42 Å². The maximum absolute atomic E-state index is 13.7. The second kappa shape index (κ2) is 8.76. The van der Waals surface area contributed by atoms with Crippen LogP contribution in [-0.4, -0.2) is 65.9 Å². The van der Waals surface area contributed by atoms with Crippen molar-refractivity contribution in [3.8, 4) is 0 Å². The Labute approximate surface area is 202 Å². The molecule has 0 aliphatic carbocycles. The van der Waals surface area contributed by atoms with Crippen LogP contribution in [-0.2, 0) is 17.6 Å². The van der Waals surface area contributed by atoms with Gasteiger partial charge in [0.1, 0.15) is 20.8 Å². The van der Waals surface area contributed by atoms with Crippen molar-refractivity contribution in [3.63, 3.8) is 0 Å². The lowest BCUT2D eigenvalue weighted by molar-refractivity contribution is 0.202. The molecule has 2 atom stereocenters. The summed E-state index contributed by atoms with van der Waals surface area (Å²) >= 11 is 1.20. The van der Waals surface area contributed by atoms with Crippen LogP contribution < -0.4 is 10.2 Å². The van der Waals surface area contributed by atoms with Gasteiger partial charge in [-0.15, -0.1) is 0 Å². The Morgan fingerprint density at radius 3 is 2.78 bits per heavy atom. The maximum Gasteiger partial charge on any atom is 0.227 e. The molecule has 3 aliphatic rings. The molecule has 0 spiro atoms. The number of nitrogens with zero attached hydrogens (tertiary/aromatic N) is 5. The second-order valence-electron chi connectivity index (χ2n) is 7.91. The van der Waals surface area contributed by atoms with Crippen molar-refractivity contribution >= 4 is 57.1 Å². The normalized spacial score (nSPS) is 25.5. The van der Waals surface area contributed by atoms with Crippen molar-refractivity contribution in [1.82, 2.24) is 14.9 Å². The van der Waals surface area contributed by atoms with Gasteiger partial charge in [-0.2, -0.15) is 4.98 Å². The fourth-order valence-corrected chi connectivity index (χ4v) is 6.46. The second-order valence-corrected chi connectivity index (χ2v) is 11.3. The summed E-state index contributed by atoms with van der Waals surface area (Å²) in [4.78, 5) is 18.4. The molecule has 3 aliphatic heterocycles. The fraction of sp³-hybridized carbons (Fsp3) is 0.381. The smallest absolute Gasteiger partial charge is 0.227 e. The highest BCUT2D eigenvalue weighted by molar-refractivity contribution is 14.1. The number of aliphatic hydroxyl groups is 1. The number of aryl methyl sites for hydroxylation is 1. The molecule has 1 fully saturated rings. The first kappa shape index (κ1) is 21.9. The first-order valence-corrected chi connectivity index (χ1v) is 12.8. The number of benzene rings is 1. The van der Waals surface area contributed by atoms with Crippen LogP contribution in [0.2, 0.25) is 0 Å². The number of nitrogens with one attached hydrogen (secondary N) is 1. The highest BCUT2D eigenvalue weighted by Crippen LogP contribution is 2.36. The van der Waals surface area contributed by atoms with Crippen molar-refractivity contribution in [2.75, 3.05) is 42.1 Å². The maximum atomic E-state index is 13.7. The first-order valence-electron chi connectivity index (χ1n) is 10.4. The minimum Gasteiger partial charge on any atom is -0.611 e. The summed E-state index contributed by atoms with van der Waals surface area (Å²) in [5.74, 6) is 1.39. The lowest BCUT2D eigenvalue weighted by atomic mass is 10.1.